The van der Waals surface area contributed by atoms with E-state index in [1.165, 1.54) is 16.2 Å². The van der Waals surface area contributed by atoms with Crippen LogP contribution < -0.4 is 0 Å². The third-order valence-corrected chi connectivity index (χ3v) is 10.1. The second kappa shape index (κ2) is 10.4. The highest BCUT2D eigenvalue weighted by atomic mass is 16.3. The van der Waals surface area contributed by atoms with Gasteiger partial charge in [0.15, 0.2) is 11.4 Å². The van der Waals surface area contributed by atoms with Crippen LogP contribution in [0.4, 0.5) is 0 Å². The predicted molar refractivity (Wildman–Crippen MR) is 205 cm³/mol. The van der Waals surface area contributed by atoms with E-state index in [-0.39, 0.29) is 0 Å². The van der Waals surface area contributed by atoms with Gasteiger partial charge < -0.3 is 8.83 Å². The second-order valence-corrected chi connectivity index (χ2v) is 12.9. The molecule has 0 unspecified atom stereocenters. The summed E-state index contributed by atoms with van der Waals surface area (Å²) < 4.78 is 13.6. The Kier molecular flexibility index (Phi) is 5.63. The fraction of sp³-hybridized carbons (Fsp3) is 0. The molecule has 0 aliphatic carbocycles. The van der Waals surface area contributed by atoms with E-state index in [0.29, 0.717) is 11.4 Å². The molecule has 232 valence electrons. The number of para-hydroxylation sites is 1. The highest BCUT2D eigenvalue weighted by molar-refractivity contribution is 6.35. The van der Waals surface area contributed by atoms with Crippen molar-refractivity contribution < 1.29 is 8.83 Å². The summed E-state index contributed by atoms with van der Waals surface area (Å²) in [6, 6.07) is 54.8. The number of rotatable bonds is 4. The third-order valence-electron chi connectivity index (χ3n) is 10.1. The molecule has 0 radical (unpaired) electrons. The van der Waals surface area contributed by atoms with Gasteiger partial charge in [0.2, 0.25) is 0 Å². The maximum Gasteiger partial charge on any atom is 0.180 e. The zero-order chi connectivity index (χ0) is 32.8. The first-order valence-electron chi connectivity index (χ1n) is 16.8. The first kappa shape index (κ1) is 27.2. The smallest absolute Gasteiger partial charge is 0.180 e. The van der Waals surface area contributed by atoms with Crippen molar-refractivity contribution in [1.82, 2.24) is 9.97 Å². The van der Waals surface area contributed by atoms with Crippen LogP contribution in [-0.2, 0) is 0 Å². The van der Waals surface area contributed by atoms with Gasteiger partial charge in [-0.05, 0) is 68.6 Å². The normalized spacial score (nSPS) is 12.0. The lowest BCUT2D eigenvalue weighted by Crippen LogP contribution is -1.95. The van der Waals surface area contributed by atoms with Gasteiger partial charge in [-0.25, -0.2) is 9.97 Å². The highest BCUT2D eigenvalue weighted by Crippen LogP contribution is 2.48. The lowest BCUT2D eigenvalue weighted by Gasteiger charge is -2.11. The molecule has 4 nitrogen and oxygen atoms in total. The Morgan fingerprint density at radius 2 is 0.940 bits per heavy atom. The molecule has 0 bridgehead atoms. The van der Waals surface area contributed by atoms with Crippen molar-refractivity contribution in [1.29, 1.82) is 0 Å². The van der Waals surface area contributed by atoms with Crippen molar-refractivity contribution in [3.05, 3.63) is 158 Å². The molecule has 0 fully saturated rings. The summed E-state index contributed by atoms with van der Waals surface area (Å²) in [7, 11) is 0. The number of furan rings is 2. The molecule has 11 rings (SSSR count). The van der Waals surface area contributed by atoms with Crippen LogP contribution in [0.25, 0.3) is 110 Å². The molecule has 3 aromatic heterocycles. The van der Waals surface area contributed by atoms with Crippen molar-refractivity contribution in [2.24, 2.45) is 0 Å². The van der Waals surface area contributed by atoms with E-state index in [4.69, 9.17) is 18.8 Å². The summed E-state index contributed by atoms with van der Waals surface area (Å²) in [6.45, 7) is 0. The topological polar surface area (TPSA) is 52.1 Å². The minimum atomic E-state index is 0.594. The molecular formula is C46H26N2O2. The van der Waals surface area contributed by atoms with Gasteiger partial charge >= 0.3 is 0 Å². The molecule has 0 saturated heterocycles. The molecular weight excluding hydrogens is 613 g/mol. The van der Waals surface area contributed by atoms with Crippen LogP contribution in [0.5, 0.6) is 0 Å². The molecule has 4 heteroatoms. The van der Waals surface area contributed by atoms with Gasteiger partial charge in [0, 0.05) is 27.3 Å². The van der Waals surface area contributed by atoms with Crippen LogP contribution >= 0.6 is 0 Å². The Labute approximate surface area is 286 Å². The summed E-state index contributed by atoms with van der Waals surface area (Å²) >= 11 is 0. The quantitative estimate of drug-likeness (QED) is 0.180. The second-order valence-electron chi connectivity index (χ2n) is 12.9. The Hall–Kier alpha value is -6.78. The fourth-order valence-corrected chi connectivity index (χ4v) is 7.78. The van der Waals surface area contributed by atoms with Crippen molar-refractivity contribution in [3.63, 3.8) is 0 Å². The molecule has 0 aliphatic rings. The van der Waals surface area contributed by atoms with E-state index in [2.05, 4.69) is 127 Å². The van der Waals surface area contributed by atoms with Crippen molar-refractivity contribution in [2.45, 2.75) is 0 Å². The molecule has 0 atom stereocenters. The molecule has 11 aromatic rings. The number of hydrogen-bond acceptors (Lipinski definition) is 4. The Balaban J connectivity index is 1.24. The van der Waals surface area contributed by atoms with E-state index in [1.807, 2.05) is 30.3 Å². The van der Waals surface area contributed by atoms with E-state index in [9.17, 15) is 0 Å². The summed E-state index contributed by atoms with van der Waals surface area (Å²) in [5, 5.41) is 7.91. The molecule has 8 aromatic carbocycles. The summed E-state index contributed by atoms with van der Waals surface area (Å²) in [6.07, 6.45) is 0. The van der Waals surface area contributed by atoms with E-state index in [1.54, 1.807) is 0 Å². The maximum atomic E-state index is 7.06. The Morgan fingerprint density at radius 3 is 1.68 bits per heavy atom. The minimum absolute atomic E-state index is 0.594. The molecule has 0 saturated carbocycles. The average Bonchev–Trinajstić information content (AvgIpc) is 3.78. The lowest BCUT2D eigenvalue weighted by atomic mass is 9.91. The van der Waals surface area contributed by atoms with Crippen LogP contribution in [0.1, 0.15) is 0 Å². The first-order chi connectivity index (χ1) is 24.8. The lowest BCUT2D eigenvalue weighted by molar-refractivity contribution is 0.666. The molecule has 0 spiro atoms. The Bertz CT molecular complexity index is 3080. The van der Waals surface area contributed by atoms with Gasteiger partial charge in [0.1, 0.15) is 28.0 Å². The van der Waals surface area contributed by atoms with Crippen LogP contribution in [0.15, 0.2) is 167 Å². The average molecular weight is 639 g/mol. The highest BCUT2D eigenvalue weighted by Gasteiger charge is 2.25. The van der Waals surface area contributed by atoms with E-state index in [0.717, 1.165) is 82.9 Å². The van der Waals surface area contributed by atoms with Crippen LogP contribution in [0.2, 0.25) is 0 Å². The predicted octanol–water partition coefficient (Wildman–Crippen LogP) is 12.7. The van der Waals surface area contributed by atoms with E-state index >= 15 is 0 Å². The van der Waals surface area contributed by atoms with Gasteiger partial charge in [-0.15, -0.1) is 0 Å². The van der Waals surface area contributed by atoms with Gasteiger partial charge in [0.05, 0.1) is 5.56 Å². The largest absolute Gasteiger partial charge is 0.455 e. The molecule has 3 heterocycles. The van der Waals surface area contributed by atoms with Crippen molar-refractivity contribution >= 4 is 65.6 Å². The van der Waals surface area contributed by atoms with Crippen LogP contribution in [0, 0.1) is 0 Å². The van der Waals surface area contributed by atoms with Gasteiger partial charge in [0.25, 0.3) is 0 Å². The van der Waals surface area contributed by atoms with Gasteiger partial charge in [-0.3, -0.25) is 0 Å². The number of aromatic nitrogens is 2. The zero-order valence-corrected chi connectivity index (χ0v) is 26.7. The van der Waals surface area contributed by atoms with Crippen LogP contribution in [0.3, 0.4) is 0 Å². The standard InChI is InChI=1S/C46H26N2O2/c1-3-12-27(13-4-1)29-16-11-17-30(26-29)41-45-42(36-20-9-10-21-38(36)49-45)48-46(47-41)37-25-24-35-33-19-8-7-18-32(33)34-23-22-31(28-14-5-2-6-15-28)43-39(34)40(35)44(37)50-43/h1-26H. The van der Waals surface area contributed by atoms with Crippen molar-refractivity contribution in [2.75, 3.05) is 0 Å². The fourth-order valence-electron chi connectivity index (χ4n) is 7.78. The number of fused-ring (bicyclic) bond motifs is 6. The SMILES string of the molecule is c1ccc(-c2cccc(-c3nc(-c4ccc5c6ccccc6c6ccc(-c7ccccc7)c7oc4c5c76)nc4c3oc3ccccc34)c2)cc1. The Morgan fingerprint density at radius 1 is 0.360 bits per heavy atom. The van der Waals surface area contributed by atoms with Crippen LogP contribution in [-0.4, -0.2) is 9.97 Å². The maximum absolute atomic E-state index is 7.06. The number of nitrogens with zero attached hydrogens (tertiary/aromatic N) is 2. The van der Waals surface area contributed by atoms with Gasteiger partial charge in [-0.2, -0.15) is 0 Å². The molecule has 50 heavy (non-hydrogen) atoms. The molecule has 0 amide bonds. The first-order valence-corrected chi connectivity index (χ1v) is 16.8. The third kappa shape index (κ3) is 3.87. The van der Waals surface area contributed by atoms with E-state index < -0.39 is 0 Å². The summed E-state index contributed by atoms with van der Waals surface area (Å²) in [5.41, 5.74) is 10.9. The molecule has 0 aliphatic heterocycles. The minimum Gasteiger partial charge on any atom is -0.455 e. The zero-order valence-electron chi connectivity index (χ0n) is 26.7. The molecule has 0 N–H and O–H groups in total. The number of hydrogen-bond donors (Lipinski definition) is 0. The van der Waals surface area contributed by atoms with Crippen molar-refractivity contribution in [3.8, 4) is 44.9 Å². The monoisotopic (exact) mass is 638 g/mol. The number of benzene rings is 8. The summed E-state index contributed by atoms with van der Waals surface area (Å²) in [5.74, 6) is 0.594. The summed E-state index contributed by atoms with van der Waals surface area (Å²) in [4.78, 5) is 10.6. The van der Waals surface area contributed by atoms with Gasteiger partial charge in [-0.1, -0.05) is 127 Å².